The lowest BCUT2D eigenvalue weighted by atomic mass is 10.2. The molecule has 1 aromatic rings. The van der Waals surface area contributed by atoms with Gasteiger partial charge in [-0.25, -0.2) is 8.42 Å². The zero-order chi connectivity index (χ0) is 15.9. The highest BCUT2D eigenvalue weighted by atomic mass is 35.5. The van der Waals surface area contributed by atoms with E-state index in [9.17, 15) is 13.2 Å². The van der Waals surface area contributed by atoms with Crippen LogP contribution in [0.2, 0.25) is 5.02 Å². The van der Waals surface area contributed by atoms with Gasteiger partial charge in [0.1, 0.15) is 10.6 Å². The fraction of sp³-hybridized carbons (Fsp3) is 0.462. The Morgan fingerprint density at radius 3 is 2.68 bits per heavy atom. The highest BCUT2D eigenvalue weighted by Gasteiger charge is 2.31. The van der Waals surface area contributed by atoms with Crippen molar-refractivity contribution in [3.8, 4) is 5.75 Å². The van der Waals surface area contributed by atoms with Crippen molar-refractivity contribution in [1.29, 1.82) is 0 Å². The Bertz CT molecular complexity index is 716. The summed E-state index contributed by atoms with van der Waals surface area (Å²) in [5, 5.41) is 5.81. The van der Waals surface area contributed by atoms with Crippen molar-refractivity contribution in [1.82, 2.24) is 9.62 Å². The largest absolute Gasteiger partial charge is 0.479 e. The number of hydrogen-bond acceptors (Lipinski definition) is 5. The zero-order valence-electron chi connectivity index (χ0n) is 11.9. The molecule has 22 heavy (non-hydrogen) atoms. The minimum Gasteiger partial charge on any atom is -0.479 e. The van der Waals surface area contributed by atoms with Gasteiger partial charge >= 0.3 is 0 Å². The summed E-state index contributed by atoms with van der Waals surface area (Å²) in [4.78, 5) is 11.6. The number of amides is 1. The average Bonchev–Trinajstić information content (AvgIpc) is 2.49. The third-order valence-corrected chi connectivity index (χ3v) is 6.02. The summed E-state index contributed by atoms with van der Waals surface area (Å²) in [6.45, 7) is 3.58. The van der Waals surface area contributed by atoms with Gasteiger partial charge in [-0.15, -0.1) is 0 Å². The summed E-state index contributed by atoms with van der Waals surface area (Å²) in [5.41, 5.74) is 0.382. The van der Waals surface area contributed by atoms with Crippen LogP contribution in [0.5, 0.6) is 5.75 Å². The lowest BCUT2D eigenvalue weighted by Gasteiger charge is -2.28. The minimum absolute atomic E-state index is 0.00170. The number of carbonyl (C=O) groups is 1. The molecule has 0 spiro atoms. The average molecular weight is 346 g/mol. The Hall–Kier alpha value is -1.35. The first kappa shape index (κ1) is 15.5. The van der Waals surface area contributed by atoms with Gasteiger partial charge < -0.3 is 15.4 Å². The van der Waals surface area contributed by atoms with Gasteiger partial charge in [0.25, 0.3) is 5.91 Å². The number of sulfonamides is 1. The zero-order valence-corrected chi connectivity index (χ0v) is 13.5. The molecule has 120 valence electrons. The first-order chi connectivity index (χ1) is 10.4. The van der Waals surface area contributed by atoms with Crippen molar-refractivity contribution in [3.05, 3.63) is 17.2 Å². The first-order valence-corrected chi connectivity index (χ1v) is 8.73. The maximum atomic E-state index is 12.7. The summed E-state index contributed by atoms with van der Waals surface area (Å²) >= 11 is 6.12. The van der Waals surface area contributed by atoms with Crippen LogP contribution in [0.25, 0.3) is 0 Å². The highest BCUT2D eigenvalue weighted by Crippen LogP contribution is 2.37. The van der Waals surface area contributed by atoms with Crippen LogP contribution in [-0.4, -0.2) is 50.9 Å². The minimum atomic E-state index is -3.69. The second kappa shape index (κ2) is 5.69. The van der Waals surface area contributed by atoms with E-state index in [2.05, 4.69) is 10.6 Å². The van der Waals surface area contributed by atoms with E-state index in [-0.39, 0.29) is 15.8 Å². The van der Waals surface area contributed by atoms with Crippen molar-refractivity contribution in [2.75, 3.05) is 31.5 Å². The molecule has 1 aromatic carbocycles. The molecule has 9 heteroatoms. The van der Waals surface area contributed by atoms with E-state index in [1.165, 1.54) is 16.4 Å². The Balaban J connectivity index is 2.01. The molecule has 0 saturated carbocycles. The summed E-state index contributed by atoms with van der Waals surface area (Å²) in [6, 6.07) is 2.79. The second-order valence-corrected chi connectivity index (χ2v) is 7.50. The molecule has 0 bridgehead atoms. The fourth-order valence-corrected chi connectivity index (χ4v) is 4.39. The van der Waals surface area contributed by atoms with E-state index in [0.717, 1.165) is 0 Å². The van der Waals surface area contributed by atoms with E-state index < -0.39 is 16.1 Å². The van der Waals surface area contributed by atoms with E-state index in [0.29, 0.717) is 37.6 Å². The van der Waals surface area contributed by atoms with Crippen LogP contribution in [0.1, 0.15) is 6.92 Å². The number of halogens is 1. The number of carbonyl (C=O) groups excluding carboxylic acids is 1. The maximum Gasteiger partial charge on any atom is 0.265 e. The molecule has 1 saturated heterocycles. The predicted octanol–water partition coefficient (Wildman–Crippen LogP) is 0.653. The predicted molar refractivity (Wildman–Crippen MR) is 81.8 cm³/mol. The summed E-state index contributed by atoms with van der Waals surface area (Å²) in [7, 11) is -3.69. The van der Waals surface area contributed by atoms with Crippen LogP contribution in [0.4, 0.5) is 5.69 Å². The highest BCUT2D eigenvalue weighted by molar-refractivity contribution is 7.89. The molecule has 3 rings (SSSR count). The molecule has 7 nitrogen and oxygen atoms in total. The van der Waals surface area contributed by atoms with Crippen LogP contribution < -0.4 is 15.4 Å². The number of piperazine rings is 1. The van der Waals surface area contributed by atoms with Gasteiger partial charge in [0.15, 0.2) is 6.10 Å². The molecule has 0 aromatic heterocycles. The molecule has 1 fully saturated rings. The van der Waals surface area contributed by atoms with Gasteiger partial charge in [-0.05, 0) is 13.0 Å². The molecule has 2 heterocycles. The lowest BCUT2D eigenvalue weighted by Crippen LogP contribution is -2.46. The van der Waals surface area contributed by atoms with E-state index in [1.807, 2.05) is 0 Å². The normalized spacial score (nSPS) is 22.6. The second-order valence-electron chi connectivity index (χ2n) is 5.18. The monoisotopic (exact) mass is 345 g/mol. The molecule has 2 aliphatic heterocycles. The third-order valence-electron chi connectivity index (χ3n) is 3.66. The quantitative estimate of drug-likeness (QED) is 0.822. The Morgan fingerprint density at radius 1 is 1.32 bits per heavy atom. The molecule has 0 aliphatic carbocycles. The van der Waals surface area contributed by atoms with Gasteiger partial charge in [0.05, 0.1) is 10.7 Å². The Labute approximate surface area is 133 Å². The Kier molecular flexibility index (Phi) is 4.02. The molecule has 1 unspecified atom stereocenters. The van der Waals surface area contributed by atoms with Crippen LogP contribution in [0.15, 0.2) is 17.0 Å². The summed E-state index contributed by atoms with van der Waals surface area (Å²) < 4.78 is 32.3. The van der Waals surface area contributed by atoms with E-state index in [1.54, 1.807) is 6.92 Å². The van der Waals surface area contributed by atoms with E-state index >= 15 is 0 Å². The van der Waals surface area contributed by atoms with Gasteiger partial charge in [0.2, 0.25) is 10.0 Å². The van der Waals surface area contributed by atoms with Gasteiger partial charge in [-0.3, -0.25) is 4.79 Å². The number of hydrogen-bond donors (Lipinski definition) is 2. The van der Waals surface area contributed by atoms with Crippen molar-refractivity contribution < 1.29 is 17.9 Å². The molecular weight excluding hydrogens is 330 g/mol. The summed E-state index contributed by atoms with van der Waals surface area (Å²) in [5.74, 6) is 0.0199. The number of nitrogens with zero attached hydrogens (tertiary/aromatic N) is 1. The molecule has 1 atom stereocenters. The van der Waals surface area contributed by atoms with Crippen molar-refractivity contribution >= 4 is 33.2 Å². The maximum absolute atomic E-state index is 12.7. The standard InChI is InChI=1S/C13H16ClN3O4S/c1-8-13(18)16-10-6-9(14)12(7-11(10)21-8)22(19,20)17-4-2-15-3-5-17/h6-8,15H,2-5H2,1H3,(H,16,18). The Morgan fingerprint density at radius 2 is 2.00 bits per heavy atom. The van der Waals surface area contributed by atoms with Crippen LogP contribution >= 0.6 is 11.6 Å². The number of benzene rings is 1. The molecular formula is C13H16ClN3O4S. The number of ether oxygens (including phenoxy) is 1. The molecule has 0 radical (unpaired) electrons. The number of anilines is 1. The molecule has 2 aliphatic rings. The number of fused-ring (bicyclic) bond motifs is 1. The lowest BCUT2D eigenvalue weighted by molar-refractivity contribution is -0.122. The molecule has 2 N–H and O–H groups in total. The third kappa shape index (κ3) is 2.67. The first-order valence-electron chi connectivity index (χ1n) is 6.91. The SMILES string of the molecule is CC1Oc2cc(S(=O)(=O)N3CCNCC3)c(Cl)cc2NC1=O. The van der Waals surface area contributed by atoms with Crippen molar-refractivity contribution in [2.24, 2.45) is 0 Å². The smallest absolute Gasteiger partial charge is 0.265 e. The van der Waals surface area contributed by atoms with Crippen LogP contribution in [-0.2, 0) is 14.8 Å². The van der Waals surface area contributed by atoms with E-state index in [4.69, 9.17) is 16.3 Å². The van der Waals surface area contributed by atoms with Crippen LogP contribution in [0, 0.1) is 0 Å². The van der Waals surface area contributed by atoms with Crippen LogP contribution in [0.3, 0.4) is 0 Å². The number of rotatable bonds is 2. The van der Waals surface area contributed by atoms with Gasteiger partial charge in [0, 0.05) is 32.2 Å². The molecule has 1 amide bonds. The van der Waals surface area contributed by atoms with Gasteiger partial charge in [-0.1, -0.05) is 11.6 Å². The summed E-state index contributed by atoms with van der Waals surface area (Å²) in [6.07, 6.45) is -0.677. The fourth-order valence-electron chi connectivity index (χ4n) is 2.43. The topological polar surface area (TPSA) is 87.7 Å². The van der Waals surface area contributed by atoms with Gasteiger partial charge in [-0.2, -0.15) is 4.31 Å². The van der Waals surface area contributed by atoms with Crippen molar-refractivity contribution in [2.45, 2.75) is 17.9 Å². The van der Waals surface area contributed by atoms with Crippen molar-refractivity contribution in [3.63, 3.8) is 0 Å². The number of nitrogens with one attached hydrogen (secondary N) is 2.